The summed E-state index contributed by atoms with van der Waals surface area (Å²) in [5.74, 6) is 1.46. The highest BCUT2D eigenvalue weighted by molar-refractivity contribution is 5.32. The van der Waals surface area contributed by atoms with Crippen molar-refractivity contribution in [1.29, 1.82) is 0 Å². The molecule has 2 unspecified atom stereocenters. The van der Waals surface area contributed by atoms with Gasteiger partial charge in [0.15, 0.2) is 0 Å². The number of aryl methyl sites for hydroxylation is 1. The van der Waals surface area contributed by atoms with Crippen molar-refractivity contribution in [3.63, 3.8) is 0 Å². The van der Waals surface area contributed by atoms with Crippen LogP contribution in [0.1, 0.15) is 55.9 Å². The fourth-order valence-electron chi connectivity index (χ4n) is 3.24. The molecule has 25 heavy (non-hydrogen) atoms. The average molecular weight is 344 g/mol. The Hall–Kier alpha value is -1.92. The zero-order valence-electron chi connectivity index (χ0n) is 15.1. The minimum Gasteiger partial charge on any atom is -0.467 e. The molecule has 2 aromatic heterocycles. The van der Waals surface area contributed by atoms with Gasteiger partial charge in [0.05, 0.1) is 12.0 Å². The summed E-state index contributed by atoms with van der Waals surface area (Å²) in [7, 11) is 0. The number of piperidine rings is 1. The molecular weight excluding hydrogens is 316 g/mol. The van der Waals surface area contributed by atoms with Crippen LogP contribution >= 0.6 is 0 Å². The van der Waals surface area contributed by atoms with Crippen LogP contribution in [-0.4, -0.2) is 34.2 Å². The van der Waals surface area contributed by atoms with Gasteiger partial charge in [-0.15, -0.1) is 0 Å². The largest absolute Gasteiger partial charge is 0.467 e. The van der Waals surface area contributed by atoms with Gasteiger partial charge in [-0.25, -0.2) is 9.97 Å². The zero-order valence-corrected chi connectivity index (χ0v) is 15.1. The van der Waals surface area contributed by atoms with Crippen molar-refractivity contribution < 1.29 is 9.52 Å². The third kappa shape index (κ3) is 5.03. The SMILES string of the molecule is Cc1cc(CNC(C)CC(O)c2ccco2)nc(N2CCCCC2)n1. The number of furan rings is 1. The van der Waals surface area contributed by atoms with Crippen LogP contribution in [0.3, 0.4) is 0 Å². The molecule has 0 aromatic carbocycles. The van der Waals surface area contributed by atoms with Crippen LogP contribution in [0.4, 0.5) is 5.95 Å². The van der Waals surface area contributed by atoms with Gasteiger partial charge in [-0.3, -0.25) is 0 Å². The van der Waals surface area contributed by atoms with Gasteiger partial charge in [0, 0.05) is 31.4 Å². The minimum absolute atomic E-state index is 0.147. The fourth-order valence-corrected chi connectivity index (χ4v) is 3.24. The van der Waals surface area contributed by atoms with Crippen LogP contribution in [0, 0.1) is 6.92 Å². The van der Waals surface area contributed by atoms with E-state index >= 15 is 0 Å². The summed E-state index contributed by atoms with van der Waals surface area (Å²) < 4.78 is 5.25. The van der Waals surface area contributed by atoms with Crippen molar-refractivity contribution in [2.45, 2.75) is 58.2 Å². The van der Waals surface area contributed by atoms with Gasteiger partial charge in [0.1, 0.15) is 11.9 Å². The first-order valence-electron chi connectivity index (χ1n) is 9.16. The summed E-state index contributed by atoms with van der Waals surface area (Å²) >= 11 is 0. The molecule has 0 aliphatic carbocycles. The molecule has 1 aliphatic rings. The standard InChI is InChI=1S/C19H28N4O2/c1-14(12-17(24)18-7-6-10-25-18)20-13-16-11-15(2)21-19(22-16)23-8-4-3-5-9-23/h6-7,10-11,14,17,20,24H,3-5,8-9,12-13H2,1-2H3. The van der Waals surface area contributed by atoms with Crippen molar-refractivity contribution in [1.82, 2.24) is 15.3 Å². The Morgan fingerprint density at radius 1 is 1.28 bits per heavy atom. The molecule has 1 fully saturated rings. The molecule has 3 heterocycles. The van der Waals surface area contributed by atoms with Crippen molar-refractivity contribution >= 4 is 5.95 Å². The number of nitrogens with zero attached hydrogens (tertiary/aromatic N) is 3. The number of hydrogen-bond acceptors (Lipinski definition) is 6. The molecule has 1 aliphatic heterocycles. The van der Waals surface area contributed by atoms with Gasteiger partial charge in [-0.2, -0.15) is 0 Å². The molecule has 6 heteroatoms. The number of rotatable bonds is 7. The highest BCUT2D eigenvalue weighted by Crippen LogP contribution is 2.19. The molecule has 0 saturated carbocycles. The van der Waals surface area contributed by atoms with Gasteiger partial charge < -0.3 is 19.7 Å². The first-order valence-corrected chi connectivity index (χ1v) is 9.16. The molecule has 1 saturated heterocycles. The Bertz CT molecular complexity index is 653. The maximum Gasteiger partial charge on any atom is 0.225 e. The number of aliphatic hydroxyl groups excluding tert-OH is 1. The average Bonchev–Trinajstić information content (AvgIpc) is 3.15. The third-order valence-electron chi connectivity index (χ3n) is 4.61. The van der Waals surface area contributed by atoms with E-state index in [1.807, 2.05) is 13.0 Å². The molecular formula is C19H28N4O2. The maximum absolute atomic E-state index is 10.2. The molecule has 6 nitrogen and oxygen atoms in total. The van der Waals surface area contributed by atoms with E-state index < -0.39 is 6.10 Å². The van der Waals surface area contributed by atoms with Crippen LogP contribution in [-0.2, 0) is 6.54 Å². The van der Waals surface area contributed by atoms with E-state index in [1.54, 1.807) is 18.4 Å². The molecule has 2 atom stereocenters. The van der Waals surface area contributed by atoms with Crippen molar-refractivity contribution in [2.75, 3.05) is 18.0 Å². The van der Waals surface area contributed by atoms with Crippen LogP contribution in [0.25, 0.3) is 0 Å². The summed E-state index contributed by atoms with van der Waals surface area (Å²) in [4.78, 5) is 11.6. The number of nitrogens with one attached hydrogen (secondary N) is 1. The lowest BCUT2D eigenvalue weighted by molar-refractivity contribution is 0.128. The topological polar surface area (TPSA) is 74.4 Å². The molecule has 2 N–H and O–H groups in total. The Labute approximate surface area is 149 Å². The van der Waals surface area contributed by atoms with Crippen molar-refractivity contribution in [2.24, 2.45) is 0 Å². The first kappa shape index (κ1) is 17.9. The van der Waals surface area contributed by atoms with Crippen molar-refractivity contribution in [3.05, 3.63) is 41.6 Å². The van der Waals surface area contributed by atoms with Crippen LogP contribution < -0.4 is 10.2 Å². The smallest absolute Gasteiger partial charge is 0.225 e. The van der Waals surface area contributed by atoms with E-state index in [0.29, 0.717) is 18.7 Å². The molecule has 0 bridgehead atoms. The number of aromatic nitrogens is 2. The second-order valence-electron chi connectivity index (χ2n) is 6.90. The van der Waals surface area contributed by atoms with Crippen LogP contribution in [0.2, 0.25) is 0 Å². The fraction of sp³-hybridized carbons (Fsp3) is 0.579. The van der Waals surface area contributed by atoms with Gasteiger partial charge in [-0.05, 0) is 57.7 Å². The third-order valence-corrected chi connectivity index (χ3v) is 4.61. The monoisotopic (exact) mass is 344 g/mol. The Morgan fingerprint density at radius 3 is 2.80 bits per heavy atom. The van der Waals surface area contributed by atoms with E-state index in [9.17, 15) is 5.11 Å². The van der Waals surface area contributed by atoms with Gasteiger partial charge in [0.25, 0.3) is 0 Å². The molecule has 0 radical (unpaired) electrons. The molecule has 2 aromatic rings. The van der Waals surface area contributed by atoms with E-state index in [2.05, 4.69) is 22.1 Å². The van der Waals surface area contributed by atoms with Crippen LogP contribution in [0.5, 0.6) is 0 Å². The van der Waals surface area contributed by atoms with Crippen molar-refractivity contribution in [3.8, 4) is 0 Å². The van der Waals surface area contributed by atoms with Gasteiger partial charge in [0.2, 0.25) is 5.95 Å². The van der Waals surface area contributed by atoms with Gasteiger partial charge >= 0.3 is 0 Å². The highest BCUT2D eigenvalue weighted by atomic mass is 16.4. The van der Waals surface area contributed by atoms with E-state index in [0.717, 1.165) is 30.4 Å². The molecule has 136 valence electrons. The molecule has 0 amide bonds. The lowest BCUT2D eigenvalue weighted by Gasteiger charge is -2.27. The Kier molecular flexibility index (Phi) is 6.04. The predicted molar refractivity (Wildman–Crippen MR) is 97.4 cm³/mol. The Morgan fingerprint density at radius 2 is 2.08 bits per heavy atom. The summed E-state index contributed by atoms with van der Waals surface area (Å²) in [5, 5.41) is 13.6. The van der Waals surface area contributed by atoms with Crippen LogP contribution in [0.15, 0.2) is 28.9 Å². The minimum atomic E-state index is -0.589. The van der Waals surface area contributed by atoms with E-state index in [4.69, 9.17) is 9.40 Å². The normalized spacial score (nSPS) is 17.5. The highest BCUT2D eigenvalue weighted by Gasteiger charge is 2.16. The number of aliphatic hydroxyl groups is 1. The summed E-state index contributed by atoms with van der Waals surface area (Å²) in [6.07, 6.45) is 5.32. The number of hydrogen-bond donors (Lipinski definition) is 2. The maximum atomic E-state index is 10.2. The molecule has 3 rings (SSSR count). The van der Waals surface area contributed by atoms with E-state index in [-0.39, 0.29) is 6.04 Å². The number of anilines is 1. The predicted octanol–water partition coefficient (Wildman–Crippen LogP) is 2.97. The summed E-state index contributed by atoms with van der Waals surface area (Å²) in [5.41, 5.74) is 1.99. The summed E-state index contributed by atoms with van der Waals surface area (Å²) in [6, 6.07) is 5.77. The lowest BCUT2D eigenvalue weighted by Crippen LogP contribution is -2.32. The van der Waals surface area contributed by atoms with Gasteiger partial charge in [-0.1, -0.05) is 0 Å². The first-order chi connectivity index (χ1) is 12.1. The zero-order chi connectivity index (χ0) is 17.6. The summed E-state index contributed by atoms with van der Waals surface area (Å²) in [6.45, 7) is 6.83. The lowest BCUT2D eigenvalue weighted by atomic mass is 10.1. The second-order valence-corrected chi connectivity index (χ2v) is 6.90. The molecule has 0 spiro atoms. The Balaban J connectivity index is 1.56. The van der Waals surface area contributed by atoms with E-state index in [1.165, 1.54) is 19.3 Å². The quantitative estimate of drug-likeness (QED) is 0.804. The second kappa shape index (κ2) is 8.45.